The summed E-state index contributed by atoms with van der Waals surface area (Å²) in [5.41, 5.74) is 1.82. The molecule has 2 heterocycles. The van der Waals surface area contributed by atoms with Crippen molar-refractivity contribution in [2.75, 3.05) is 13.1 Å². The summed E-state index contributed by atoms with van der Waals surface area (Å²) in [5.74, 6) is 0.229. The van der Waals surface area contributed by atoms with Crippen LogP contribution in [-0.2, 0) is 4.79 Å². The largest absolute Gasteiger partial charge is 0.338 e. The lowest BCUT2D eigenvalue weighted by molar-refractivity contribution is -0.384. The second kappa shape index (κ2) is 7.90. The van der Waals surface area contributed by atoms with Gasteiger partial charge in [-0.05, 0) is 48.7 Å². The highest BCUT2D eigenvalue weighted by Gasteiger charge is 2.26. The Bertz CT molecular complexity index is 1010. The molecule has 3 aromatic rings. The maximum atomic E-state index is 12.6. The number of amides is 1. The third-order valence-electron chi connectivity index (χ3n) is 4.91. The first-order chi connectivity index (χ1) is 13.6. The zero-order valence-corrected chi connectivity index (χ0v) is 16.0. The van der Waals surface area contributed by atoms with Crippen LogP contribution in [0.3, 0.4) is 0 Å². The van der Waals surface area contributed by atoms with E-state index < -0.39 is 4.92 Å². The van der Waals surface area contributed by atoms with Gasteiger partial charge in [-0.2, -0.15) is 0 Å². The number of nitro benzene ring substituents is 1. The van der Waals surface area contributed by atoms with E-state index in [1.807, 2.05) is 23.1 Å². The molecule has 28 heavy (non-hydrogen) atoms. The van der Waals surface area contributed by atoms with Gasteiger partial charge in [0.25, 0.3) is 5.69 Å². The first-order valence-electron chi connectivity index (χ1n) is 9.17. The van der Waals surface area contributed by atoms with Crippen molar-refractivity contribution >= 4 is 39.2 Å². The Morgan fingerprint density at radius 1 is 1.21 bits per heavy atom. The summed E-state index contributed by atoms with van der Waals surface area (Å²) in [7, 11) is 0. The van der Waals surface area contributed by atoms with Crippen molar-refractivity contribution in [3.05, 3.63) is 75.3 Å². The molecule has 1 aliphatic rings. The van der Waals surface area contributed by atoms with Crippen LogP contribution < -0.4 is 0 Å². The van der Waals surface area contributed by atoms with Gasteiger partial charge in [-0.3, -0.25) is 14.9 Å². The van der Waals surface area contributed by atoms with E-state index in [1.165, 1.54) is 16.8 Å². The molecule has 1 atom stereocenters. The van der Waals surface area contributed by atoms with Gasteiger partial charge in [0.05, 0.1) is 20.1 Å². The van der Waals surface area contributed by atoms with Gasteiger partial charge in [0.2, 0.25) is 5.91 Å². The number of nitrogens with zero attached hydrogens (tertiary/aromatic N) is 3. The van der Waals surface area contributed by atoms with E-state index in [1.54, 1.807) is 35.6 Å². The van der Waals surface area contributed by atoms with Crippen molar-refractivity contribution in [1.82, 2.24) is 9.88 Å². The van der Waals surface area contributed by atoms with Gasteiger partial charge < -0.3 is 4.90 Å². The number of para-hydroxylation sites is 1. The molecule has 6 nitrogen and oxygen atoms in total. The standard InChI is InChI=1S/C21H19N3O3S/c25-20(12-9-15-7-10-17(11-8-15)24(26)27)23-13-3-4-16(14-23)21-22-18-5-1-2-6-19(18)28-21/h1-2,5-12,16H,3-4,13-14H2/b12-9+/t16-/m1/s1. The van der Waals surface area contributed by atoms with Crippen LogP contribution in [0.1, 0.15) is 29.3 Å². The fraction of sp³-hybridized carbons (Fsp3) is 0.238. The van der Waals surface area contributed by atoms with Crippen molar-refractivity contribution < 1.29 is 9.72 Å². The minimum atomic E-state index is -0.436. The molecule has 0 aliphatic carbocycles. The molecule has 142 valence electrons. The number of rotatable bonds is 4. The molecular weight excluding hydrogens is 374 g/mol. The number of hydrogen-bond donors (Lipinski definition) is 0. The highest BCUT2D eigenvalue weighted by molar-refractivity contribution is 7.18. The van der Waals surface area contributed by atoms with Crippen LogP contribution in [0.15, 0.2) is 54.6 Å². The average molecular weight is 393 g/mol. The summed E-state index contributed by atoms with van der Waals surface area (Å²) in [5, 5.41) is 11.8. The number of likely N-dealkylation sites (tertiary alicyclic amines) is 1. The zero-order valence-electron chi connectivity index (χ0n) is 15.2. The van der Waals surface area contributed by atoms with Crippen molar-refractivity contribution in [2.24, 2.45) is 0 Å². The van der Waals surface area contributed by atoms with E-state index in [9.17, 15) is 14.9 Å². The molecule has 0 N–H and O–H groups in total. The predicted octanol–water partition coefficient (Wildman–Crippen LogP) is 4.62. The number of fused-ring (bicyclic) bond motifs is 1. The van der Waals surface area contributed by atoms with Crippen LogP contribution in [0.25, 0.3) is 16.3 Å². The number of thiazole rings is 1. The summed E-state index contributed by atoms with van der Waals surface area (Å²) in [4.78, 5) is 29.5. The Balaban J connectivity index is 1.43. The molecule has 7 heteroatoms. The normalized spacial score (nSPS) is 17.3. The van der Waals surface area contributed by atoms with E-state index in [-0.39, 0.29) is 17.5 Å². The molecule has 0 unspecified atom stereocenters. The van der Waals surface area contributed by atoms with Crippen LogP contribution in [0.5, 0.6) is 0 Å². The van der Waals surface area contributed by atoms with Gasteiger partial charge in [-0.1, -0.05) is 12.1 Å². The number of nitro groups is 1. The summed E-state index contributed by atoms with van der Waals surface area (Å²) in [6.45, 7) is 1.41. The number of piperidine rings is 1. The van der Waals surface area contributed by atoms with Crippen LogP contribution >= 0.6 is 11.3 Å². The van der Waals surface area contributed by atoms with Crippen LogP contribution in [0, 0.1) is 10.1 Å². The Morgan fingerprint density at radius 2 is 2.00 bits per heavy atom. The third kappa shape index (κ3) is 3.94. The molecule has 2 aromatic carbocycles. The van der Waals surface area contributed by atoms with Gasteiger partial charge in [-0.25, -0.2) is 4.98 Å². The molecule has 0 radical (unpaired) electrons. The molecule has 1 amide bonds. The van der Waals surface area contributed by atoms with Gasteiger partial charge in [0.1, 0.15) is 0 Å². The minimum absolute atomic E-state index is 0.0378. The lowest BCUT2D eigenvalue weighted by Crippen LogP contribution is -2.38. The Hall–Kier alpha value is -3.06. The smallest absolute Gasteiger partial charge is 0.269 e. The fourth-order valence-corrected chi connectivity index (χ4v) is 4.52. The monoisotopic (exact) mass is 393 g/mol. The number of carbonyl (C=O) groups is 1. The lowest BCUT2D eigenvalue weighted by Gasteiger charge is -2.31. The number of non-ortho nitro benzene ring substituents is 1. The first-order valence-corrected chi connectivity index (χ1v) is 9.99. The van der Waals surface area contributed by atoms with E-state index in [0.717, 1.165) is 35.5 Å². The zero-order chi connectivity index (χ0) is 19.5. The second-order valence-electron chi connectivity index (χ2n) is 6.83. The molecule has 0 bridgehead atoms. The number of aromatic nitrogens is 1. The van der Waals surface area contributed by atoms with Crippen molar-refractivity contribution in [2.45, 2.75) is 18.8 Å². The summed E-state index contributed by atoms with van der Waals surface area (Å²) in [6.07, 6.45) is 5.24. The topological polar surface area (TPSA) is 76.3 Å². The van der Waals surface area contributed by atoms with E-state index >= 15 is 0 Å². The molecule has 4 rings (SSSR count). The van der Waals surface area contributed by atoms with Crippen LogP contribution in [-0.4, -0.2) is 33.8 Å². The second-order valence-corrected chi connectivity index (χ2v) is 7.89. The maximum Gasteiger partial charge on any atom is 0.269 e. The average Bonchev–Trinajstić information content (AvgIpc) is 3.17. The maximum absolute atomic E-state index is 12.6. The van der Waals surface area contributed by atoms with Crippen LogP contribution in [0.4, 0.5) is 5.69 Å². The Labute approximate surface area is 166 Å². The van der Waals surface area contributed by atoms with Crippen LogP contribution in [0.2, 0.25) is 0 Å². The SMILES string of the molecule is O=C(/C=C/c1ccc([N+](=O)[O-])cc1)N1CCC[C@@H](c2nc3ccccc3s2)C1. The lowest BCUT2D eigenvalue weighted by atomic mass is 9.98. The molecule has 1 aromatic heterocycles. The first kappa shape index (κ1) is 18.3. The molecular formula is C21H19N3O3S. The van der Waals surface area contributed by atoms with Crippen molar-refractivity contribution in [3.8, 4) is 0 Å². The van der Waals surface area contributed by atoms with Gasteiger partial charge >= 0.3 is 0 Å². The van der Waals surface area contributed by atoms with Crippen molar-refractivity contribution in [3.63, 3.8) is 0 Å². The summed E-state index contributed by atoms with van der Waals surface area (Å²) < 4.78 is 1.18. The minimum Gasteiger partial charge on any atom is -0.338 e. The summed E-state index contributed by atoms with van der Waals surface area (Å²) in [6, 6.07) is 14.3. The highest BCUT2D eigenvalue weighted by Crippen LogP contribution is 2.33. The number of carbonyl (C=O) groups excluding carboxylic acids is 1. The Morgan fingerprint density at radius 3 is 2.75 bits per heavy atom. The third-order valence-corrected chi connectivity index (χ3v) is 6.11. The molecule has 1 aliphatic heterocycles. The van der Waals surface area contributed by atoms with Gasteiger partial charge in [0, 0.05) is 37.2 Å². The van der Waals surface area contributed by atoms with Gasteiger partial charge in [0.15, 0.2) is 0 Å². The number of hydrogen-bond acceptors (Lipinski definition) is 5. The number of benzene rings is 2. The quantitative estimate of drug-likeness (QED) is 0.368. The van der Waals surface area contributed by atoms with Crippen molar-refractivity contribution in [1.29, 1.82) is 0 Å². The highest BCUT2D eigenvalue weighted by atomic mass is 32.1. The van der Waals surface area contributed by atoms with Gasteiger partial charge in [-0.15, -0.1) is 11.3 Å². The van der Waals surface area contributed by atoms with E-state index in [0.29, 0.717) is 6.54 Å². The predicted molar refractivity (Wildman–Crippen MR) is 110 cm³/mol. The molecule has 0 spiro atoms. The summed E-state index contributed by atoms with van der Waals surface area (Å²) >= 11 is 1.71. The van der Waals surface area contributed by atoms with E-state index in [2.05, 4.69) is 6.07 Å². The Kier molecular flexibility index (Phi) is 5.16. The molecule has 1 saturated heterocycles. The fourth-order valence-electron chi connectivity index (χ4n) is 3.42. The van der Waals surface area contributed by atoms with E-state index in [4.69, 9.17) is 4.98 Å². The molecule has 0 saturated carbocycles. The molecule has 1 fully saturated rings.